The molecule has 1 unspecified atom stereocenters. The average Bonchev–Trinajstić information content (AvgIpc) is 2.95. The summed E-state index contributed by atoms with van der Waals surface area (Å²) < 4.78 is 7.45. The molecule has 0 spiro atoms. The lowest BCUT2D eigenvalue weighted by molar-refractivity contribution is -0.135. The highest BCUT2D eigenvalue weighted by atomic mass is 16.5. The van der Waals surface area contributed by atoms with Gasteiger partial charge in [-0.3, -0.25) is 4.79 Å². The lowest BCUT2D eigenvalue weighted by Gasteiger charge is -2.26. The highest BCUT2D eigenvalue weighted by molar-refractivity contribution is 5.78. The van der Waals surface area contributed by atoms with Crippen molar-refractivity contribution < 1.29 is 14.6 Å². The number of aromatic nitrogens is 3. The van der Waals surface area contributed by atoms with Crippen molar-refractivity contribution in [3.05, 3.63) is 35.9 Å². The molecular formula is C17H22N4O3. The lowest BCUT2D eigenvalue weighted by Crippen LogP contribution is -2.39. The summed E-state index contributed by atoms with van der Waals surface area (Å²) >= 11 is 0. The molecule has 0 fully saturated rings. The highest BCUT2D eigenvalue weighted by Gasteiger charge is 2.28. The van der Waals surface area contributed by atoms with E-state index in [2.05, 4.69) is 10.1 Å². The quantitative estimate of drug-likeness (QED) is 0.896. The van der Waals surface area contributed by atoms with Gasteiger partial charge in [0.25, 0.3) is 0 Å². The molecule has 1 aliphatic heterocycles. The summed E-state index contributed by atoms with van der Waals surface area (Å²) in [6, 6.07) is 6.55. The number of phenols is 1. The van der Waals surface area contributed by atoms with Gasteiger partial charge in [-0.15, -0.1) is 0 Å². The fourth-order valence-corrected chi connectivity index (χ4v) is 2.90. The molecular weight excluding hydrogens is 308 g/mol. The Bertz CT molecular complexity index is 711. The molecule has 1 N–H and O–H groups in total. The number of rotatable bonds is 5. The minimum atomic E-state index is -0.0581. The van der Waals surface area contributed by atoms with Crippen LogP contribution < -0.4 is 4.74 Å². The van der Waals surface area contributed by atoms with Crippen LogP contribution >= 0.6 is 0 Å². The van der Waals surface area contributed by atoms with E-state index in [9.17, 15) is 9.90 Å². The zero-order valence-electron chi connectivity index (χ0n) is 14.0. The number of hydrogen-bond donors (Lipinski definition) is 1. The third kappa shape index (κ3) is 3.67. The van der Waals surface area contributed by atoms with Gasteiger partial charge in [-0.2, -0.15) is 5.10 Å². The molecule has 24 heavy (non-hydrogen) atoms. The smallest absolute Gasteiger partial charge is 0.227 e. The van der Waals surface area contributed by atoms with E-state index in [4.69, 9.17) is 4.74 Å². The number of carbonyl (C=O) groups excluding carboxylic acids is 1. The lowest BCUT2D eigenvalue weighted by atomic mass is 9.98. The highest BCUT2D eigenvalue weighted by Crippen LogP contribution is 2.20. The Labute approximate surface area is 140 Å². The van der Waals surface area contributed by atoms with E-state index in [1.807, 2.05) is 11.6 Å². The van der Waals surface area contributed by atoms with E-state index in [-0.39, 0.29) is 17.6 Å². The van der Waals surface area contributed by atoms with Crippen molar-refractivity contribution in [2.24, 2.45) is 5.92 Å². The maximum Gasteiger partial charge on any atom is 0.227 e. The van der Waals surface area contributed by atoms with Crippen LogP contribution in [-0.2, 0) is 17.8 Å². The Hall–Kier alpha value is -2.57. The standard InChI is InChI=1S/C17H22N4O3/c1-12-18-16-8-3-13(11-21(16)19-12)17(23)20(2)9-10-24-15-6-4-14(22)5-7-15/h4-7,13,22H,3,8-11H2,1-2H3. The van der Waals surface area contributed by atoms with Crippen LogP contribution in [0.2, 0.25) is 0 Å². The van der Waals surface area contributed by atoms with Crippen LogP contribution in [-0.4, -0.2) is 50.9 Å². The van der Waals surface area contributed by atoms with Crippen LogP contribution in [0.5, 0.6) is 11.5 Å². The molecule has 1 amide bonds. The van der Waals surface area contributed by atoms with Gasteiger partial charge in [-0.1, -0.05) is 0 Å². The van der Waals surface area contributed by atoms with E-state index in [1.54, 1.807) is 36.2 Å². The van der Waals surface area contributed by atoms with Crippen LogP contribution in [0.15, 0.2) is 24.3 Å². The summed E-state index contributed by atoms with van der Waals surface area (Å²) in [4.78, 5) is 18.7. The molecule has 128 valence electrons. The summed E-state index contributed by atoms with van der Waals surface area (Å²) in [5, 5.41) is 13.6. The number of ether oxygens (including phenoxy) is 1. The predicted octanol–water partition coefficient (Wildman–Crippen LogP) is 1.39. The van der Waals surface area contributed by atoms with Crippen molar-refractivity contribution in [2.45, 2.75) is 26.3 Å². The maximum absolute atomic E-state index is 12.6. The van der Waals surface area contributed by atoms with Gasteiger partial charge in [0.05, 0.1) is 19.0 Å². The first kappa shape index (κ1) is 16.3. The van der Waals surface area contributed by atoms with E-state index in [1.165, 1.54) is 0 Å². The van der Waals surface area contributed by atoms with Crippen molar-refractivity contribution in [3.8, 4) is 11.5 Å². The zero-order valence-corrected chi connectivity index (χ0v) is 14.0. The topological polar surface area (TPSA) is 80.5 Å². The van der Waals surface area contributed by atoms with E-state index >= 15 is 0 Å². The fraction of sp³-hybridized carbons (Fsp3) is 0.471. The van der Waals surface area contributed by atoms with Gasteiger partial charge in [-0.05, 0) is 37.6 Å². The number of amides is 1. The van der Waals surface area contributed by atoms with Crippen molar-refractivity contribution >= 4 is 5.91 Å². The van der Waals surface area contributed by atoms with Gasteiger partial charge in [0, 0.05) is 13.5 Å². The van der Waals surface area contributed by atoms with Crippen LogP contribution in [0.3, 0.4) is 0 Å². The largest absolute Gasteiger partial charge is 0.508 e. The molecule has 1 aromatic heterocycles. The number of hydrogen-bond acceptors (Lipinski definition) is 5. The first-order valence-electron chi connectivity index (χ1n) is 8.10. The molecule has 7 nitrogen and oxygen atoms in total. The summed E-state index contributed by atoms with van der Waals surface area (Å²) in [6.07, 6.45) is 1.59. The molecule has 0 bridgehead atoms. The predicted molar refractivity (Wildman–Crippen MR) is 87.8 cm³/mol. The van der Waals surface area contributed by atoms with Crippen LogP contribution in [0.1, 0.15) is 18.1 Å². The number of phenolic OH excluding ortho intramolecular Hbond substituents is 1. The monoisotopic (exact) mass is 330 g/mol. The Morgan fingerprint density at radius 2 is 2.17 bits per heavy atom. The number of aryl methyl sites for hydroxylation is 2. The fourth-order valence-electron chi connectivity index (χ4n) is 2.90. The van der Waals surface area contributed by atoms with Crippen LogP contribution in [0.25, 0.3) is 0 Å². The Kier molecular flexibility index (Phi) is 4.69. The van der Waals surface area contributed by atoms with Gasteiger partial charge in [0.2, 0.25) is 5.91 Å². The molecule has 0 radical (unpaired) electrons. The molecule has 3 rings (SSSR count). The van der Waals surface area contributed by atoms with Crippen LogP contribution in [0, 0.1) is 12.8 Å². The van der Waals surface area contributed by atoms with Crippen LogP contribution in [0.4, 0.5) is 0 Å². The van der Waals surface area contributed by atoms with Gasteiger partial charge < -0.3 is 14.7 Å². The Balaban J connectivity index is 1.49. The SMILES string of the molecule is Cc1nc2n(n1)CC(C(=O)N(C)CCOc1ccc(O)cc1)CC2. The molecule has 1 atom stereocenters. The first-order chi connectivity index (χ1) is 11.5. The summed E-state index contributed by atoms with van der Waals surface area (Å²) in [6.45, 7) is 3.39. The van der Waals surface area contributed by atoms with E-state index in [0.29, 0.717) is 25.4 Å². The molecule has 1 aliphatic rings. The number of fused-ring (bicyclic) bond motifs is 1. The number of aromatic hydroxyl groups is 1. The molecule has 2 heterocycles. The normalized spacial score (nSPS) is 16.5. The summed E-state index contributed by atoms with van der Waals surface area (Å²) in [5.41, 5.74) is 0. The van der Waals surface area contributed by atoms with Crippen molar-refractivity contribution in [1.82, 2.24) is 19.7 Å². The van der Waals surface area contributed by atoms with E-state index < -0.39 is 0 Å². The van der Waals surface area contributed by atoms with Crippen molar-refractivity contribution in [3.63, 3.8) is 0 Å². The number of likely N-dealkylation sites (N-methyl/N-ethyl adjacent to an activating group) is 1. The maximum atomic E-state index is 12.6. The molecule has 7 heteroatoms. The van der Waals surface area contributed by atoms with Crippen molar-refractivity contribution in [2.75, 3.05) is 20.2 Å². The second-order valence-electron chi connectivity index (χ2n) is 6.10. The minimum Gasteiger partial charge on any atom is -0.508 e. The van der Waals surface area contributed by atoms with Gasteiger partial charge in [0.15, 0.2) is 0 Å². The van der Waals surface area contributed by atoms with E-state index in [0.717, 1.165) is 24.5 Å². The Morgan fingerprint density at radius 3 is 2.92 bits per heavy atom. The van der Waals surface area contributed by atoms with Gasteiger partial charge >= 0.3 is 0 Å². The summed E-state index contributed by atoms with van der Waals surface area (Å²) in [7, 11) is 1.80. The zero-order chi connectivity index (χ0) is 17.1. The molecule has 0 saturated carbocycles. The first-order valence-corrected chi connectivity index (χ1v) is 8.10. The minimum absolute atomic E-state index is 0.0581. The summed E-state index contributed by atoms with van der Waals surface area (Å²) in [5.74, 6) is 2.66. The second kappa shape index (κ2) is 6.90. The molecule has 1 aromatic carbocycles. The van der Waals surface area contributed by atoms with Crippen molar-refractivity contribution in [1.29, 1.82) is 0 Å². The van der Waals surface area contributed by atoms with Gasteiger partial charge in [0.1, 0.15) is 29.8 Å². The van der Waals surface area contributed by atoms with Gasteiger partial charge in [-0.25, -0.2) is 9.67 Å². The third-order valence-electron chi connectivity index (χ3n) is 4.22. The Morgan fingerprint density at radius 1 is 1.42 bits per heavy atom. The molecule has 0 aliphatic carbocycles. The number of nitrogens with zero attached hydrogens (tertiary/aromatic N) is 4. The third-order valence-corrected chi connectivity index (χ3v) is 4.22. The number of carbonyl (C=O) groups is 1. The molecule has 2 aromatic rings. The second-order valence-corrected chi connectivity index (χ2v) is 6.10. The number of benzene rings is 1. The average molecular weight is 330 g/mol. The molecule has 0 saturated heterocycles.